The van der Waals surface area contributed by atoms with Gasteiger partial charge in [-0.3, -0.25) is 4.79 Å². The summed E-state index contributed by atoms with van der Waals surface area (Å²) in [5, 5.41) is 10.5. The van der Waals surface area contributed by atoms with E-state index < -0.39 is 6.10 Å². The zero-order valence-corrected chi connectivity index (χ0v) is 19.3. The second-order valence-corrected chi connectivity index (χ2v) is 10.9. The van der Waals surface area contributed by atoms with Crippen LogP contribution in [-0.4, -0.2) is 29.1 Å². The van der Waals surface area contributed by atoms with Crippen LogP contribution < -0.4 is 0 Å². The number of allylic oxidation sites excluding steroid dienone is 1. The number of carbonyl (C=O) groups excluding carboxylic acids is 2. The molecule has 1 aromatic carbocycles. The summed E-state index contributed by atoms with van der Waals surface area (Å²) < 4.78 is 5.25. The highest BCUT2D eigenvalue weighted by atomic mass is 16.5. The first kappa shape index (κ1) is 23.0. The molecule has 1 spiro atoms. The maximum Gasteiger partial charge on any atom is 0.330 e. The molecule has 4 atom stereocenters. The number of hydrogen-bond donors (Lipinski definition) is 1. The molecule has 4 rings (SSSR count). The van der Waals surface area contributed by atoms with Crippen LogP contribution in [0.5, 0.6) is 0 Å². The second kappa shape index (κ2) is 9.35. The fourth-order valence-corrected chi connectivity index (χ4v) is 5.84. The van der Waals surface area contributed by atoms with E-state index in [2.05, 4.69) is 38.1 Å². The SMILES string of the molecule is CC1(C)CCC2(CC1)CC(C(=O)C[C@H](O)C[C@H]1CC=CC(=O)O1)C2/C=C/c1ccccc1. The molecule has 0 amide bonds. The fourth-order valence-electron chi connectivity index (χ4n) is 5.84. The number of ether oxygens (including phenoxy) is 1. The molecule has 4 nitrogen and oxygen atoms in total. The van der Waals surface area contributed by atoms with Gasteiger partial charge in [-0.25, -0.2) is 4.79 Å². The minimum absolute atomic E-state index is 0.0281. The van der Waals surface area contributed by atoms with E-state index in [-0.39, 0.29) is 41.5 Å². The van der Waals surface area contributed by atoms with Crippen molar-refractivity contribution in [3.63, 3.8) is 0 Å². The van der Waals surface area contributed by atoms with Crippen LogP contribution >= 0.6 is 0 Å². The van der Waals surface area contributed by atoms with Crippen molar-refractivity contribution in [3.8, 4) is 0 Å². The number of benzene rings is 1. The van der Waals surface area contributed by atoms with Gasteiger partial charge in [0.2, 0.25) is 0 Å². The lowest BCUT2D eigenvalue weighted by molar-refractivity contribution is -0.146. The largest absolute Gasteiger partial charge is 0.459 e. The maximum atomic E-state index is 13.2. The average molecular weight is 437 g/mol. The summed E-state index contributed by atoms with van der Waals surface area (Å²) in [5.41, 5.74) is 1.76. The van der Waals surface area contributed by atoms with Crippen molar-refractivity contribution < 1.29 is 19.4 Å². The Labute approximate surface area is 191 Å². The molecule has 2 aliphatic carbocycles. The molecule has 0 saturated heterocycles. The number of carbonyl (C=O) groups is 2. The molecule has 2 saturated carbocycles. The molecule has 1 N–H and O–H groups in total. The second-order valence-electron chi connectivity index (χ2n) is 10.9. The third kappa shape index (κ3) is 5.23. The van der Waals surface area contributed by atoms with E-state index in [0.29, 0.717) is 18.3 Å². The van der Waals surface area contributed by atoms with Crippen LogP contribution in [-0.2, 0) is 14.3 Å². The summed E-state index contributed by atoms with van der Waals surface area (Å²) in [6.07, 6.45) is 13.2. The van der Waals surface area contributed by atoms with Gasteiger partial charge in [-0.1, -0.05) is 62.4 Å². The van der Waals surface area contributed by atoms with Gasteiger partial charge in [-0.2, -0.15) is 0 Å². The van der Waals surface area contributed by atoms with Crippen LogP contribution in [0.4, 0.5) is 0 Å². The van der Waals surface area contributed by atoms with Gasteiger partial charge in [0.15, 0.2) is 0 Å². The Morgan fingerprint density at radius 2 is 1.91 bits per heavy atom. The maximum absolute atomic E-state index is 13.2. The van der Waals surface area contributed by atoms with Crippen molar-refractivity contribution in [2.75, 3.05) is 0 Å². The normalized spacial score (nSPS) is 29.5. The van der Waals surface area contributed by atoms with Crippen LogP contribution in [0.15, 0.2) is 48.6 Å². The first-order chi connectivity index (χ1) is 15.3. The molecule has 1 aliphatic heterocycles. The number of hydrogen-bond acceptors (Lipinski definition) is 4. The van der Waals surface area contributed by atoms with E-state index >= 15 is 0 Å². The van der Waals surface area contributed by atoms with Gasteiger partial charge in [0.25, 0.3) is 0 Å². The van der Waals surface area contributed by atoms with Crippen LogP contribution in [0.2, 0.25) is 0 Å². The van der Waals surface area contributed by atoms with Crippen LogP contribution in [0.25, 0.3) is 6.08 Å². The van der Waals surface area contributed by atoms with E-state index in [0.717, 1.165) is 12.0 Å². The third-order valence-corrected chi connectivity index (χ3v) is 7.98. The molecule has 0 bridgehead atoms. The van der Waals surface area contributed by atoms with Gasteiger partial charge in [0, 0.05) is 31.3 Å². The minimum Gasteiger partial charge on any atom is -0.459 e. The Balaban J connectivity index is 1.42. The molecule has 3 aliphatic rings. The Bertz CT molecular complexity index is 872. The predicted molar refractivity (Wildman–Crippen MR) is 126 cm³/mol. The molecular formula is C28H36O4. The van der Waals surface area contributed by atoms with Crippen molar-refractivity contribution in [2.45, 2.75) is 77.4 Å². The highest BCUT2D eigenvalue weighted by Crippen LogP contribution is 2.62. The summed E-state index contributed by atoms with van der Waals surface area (Å²) in [6, 6.07) is 10.3. The number of cyclic esters (lactones) is 1. The lowest BCUT2D eigenvalue weighted by Crippen LogP contribution is -2.53. The van der Waals surface area contributed by atoms with E-state index in [1.54, 1.807) is 6.08 Å². The molecule has 2 unspecified atom stereocenters. The van der Waals surface area contributed by atoms with Crippen molar-refractivity contribution in [1.29, 1.82) is 0 Å². The van der Waals surface area contributed by atoms with Gasteiger partial charge in [0.1, 0.15) is 11.9 Å². The topological polar surface area (TPSA) is 63.6 Å². The molecule has 0 radical (unpaired) electrons. The Morgan fingerprint density at radius 1 is 1.19 bits per heavy atom. The van der Waals surface area contributed by atoms with E-state index in [1.165, 1.54) is 31.8 Å². The van der Waals surface area contributed by atoms with Crippen LogP contribution in [0.1, 0.15) is 70.8 Å². The molecule has 1 aromatic rings. The number of aliphatic hydroxyl groups is 1. The fraction of sp³-hybridized carbons (Fsp3) is 0.571. The third-order valence-electron chi connectivity index (χ3n) is 7.98. The summed E-state index contributed by atoms with van der Waals surface area (Å²) >= 11 is 0. The van der Waals surface area contributed by atoms with Gasteiger partial charge in [-0.15, -0.1) is 0 Å². The van der Waals surface area contributed by atoms with E-state index in [1.807, 2.05) is 18.2 Å². The summed E-state index contributed by atoms with van der Waals surface area (Å²) in [5.74, 6) is -0.0195. The molecule has 0 aromatic heterocycles. The molecular weight excluding hydrogens is 400 g/mol. The van der Waals surface area contributed by atoms with Crippen LogP contribution in [0.3, 0.4) is 0 Å². The number of aliphatic hydroxyl groups excluding tert-OH is 1. The highest BCUT2D eigenvalue weighted by Gasteiger charge is 2.56. The summed E-state index contributed by atoms with van der Waals surface area (Å²) in [6.45, 7) is 4.69. The Hall–Kier alpha value is -2.20. The first-order valence-electron chi connectivity index (χ1n) is 12.1. The highest BCUT2D eigenvalue weighted by molar-refractivity contribution is 5.84. The summed E-state index contributed by atoms with van der Waals surface area (Å²) in [4.78, 5) is 24.6. The zero-order chi connectivity index (χ0) is 22.8. The molecule has 1 heterocycles. The number of ketones is 1. The molecule has 32 heavy (non-hydrogen) atoms. The molecule has 4 heteroatoms. The Kier molecular flexibility index (Phi) is 6.71. The predicted octanol–water partition coefficient (Wildman–Crippen LogP) is 5.50. The van der Waals surface area contributed by atoms with Gasteiger partial charge in [-0.05, 0) is 54.4 Å². The lowest BCUT2D eigenvalue weighted by atomic mass is 9.45. The number of Topliss-reactive ketones (excluding diaryl/α,β-unsaturated/α-hetero) is 1. The Morgan fingerprint density at radius 3 is 2.59 bits per heavy atom. The average Bonchev–Trinajstić information content (AvgIpc) is 2.73. The summed E-state index contributed by atoms with van der Waals surface area (Å²) in [7, 11) is 0. The number of esters is 1. The van der Waals surface area contributed by atoms with Crippen molar-refractivity contribution >= 4 is 17.8 Å². The van der Waals surface area contributed by atoms with E-state index in [4.69, 9.17) is 4.74 Å². The van der Waals surface area contributed by atoms with Gasteiger partial charge < -0.3 is 9.84 Å². The smallest absolute Gasteiger partial charge is 0.330 e. The van der Waals surface area contributed by atoms with Crippen LogP contribution in [0, 0.1) is 22.7 Å². The zero-order valence-electron chi connectivity index (χ0n) is 19.3. The lowest BCUT2D eigenvalue weighted by Gasteiger charge is -2.58. The van der Waals surface area contributed by atoms with Crippen molar-refractivity contribution in [3.05, 3.63) is 54.1 Å². The van der Waals surface area contributed by atoms with Gasteiger partial charge in [0.05, 0.1) is 6.10 Å². The number of rotatable bonds is 7. The van der Waals surface area contributed by atoms with E-state index in [9.17, 15) is 14.7 Å². The molecule has 2 fully saturated rings. The first-order valence-corrected chi connectivity index (χ1v) is 12.1. The minimum atomic E-state index is -0.771. The monoisotopic (exact) mass is 436 g/mol. The van der Waals surface area contributed by atoms with Crippen molar-refractivity contribution in [2.24, 2.45) is 22.7 Å². The van der Waals surface area contributed by atoms with Crippen molar-refractivity contribution in [1.82, 2.24) is 0 Å². The quantitative estimate of drug-likeness (QED) is 0.573. The standard InChI is InChI=1S/C28H36O4/c1-27(2)13-15-28(16-14-27)19-23(24(28)12-11-20-7-4-3-5-8-20)25(30)18-21(29)17-22-9-6-10-26(31)32-22/h3-8,10-12,21-24,29H,9,13-19H2,1-2H3/b12-11+/t21-,22-,23?,24?/m1/s1. The van der Waals surface area contributed by atoms with Gasteiger partial charge >= 0.3 is 5.97 Å². The molecule has 172 valence electrons.